The van der Waals surface area contributed by atoms with Crippen molar-refractivity contribution in [1.29, 1.82) is 0 Å². The van der Waals surface area contributed by atoms with E-state index in [4.69, 9.17) is 18.7 Å². The van der Waals surface area contributed by atoms with Crippen LogP contribution in [0.3, 0.4) is 0 Å². The second-order valence-electron chi connectivity index (χ2n) is 9.96. The normalized spacial score (nSPS) is 15.2. The van der Waals surface area contributed by atoms with Gasteiger partial charge in [0.25, 0.3) is 5.91 Å². The fourth-order valence-corrected chi connectivity index (χ4v) is 10.3. The molecular formula is C27H47NO5Si. The predicted molar refractivity (Wildman–Crippen MR) is 141 cm³/mol. The van der Waals surface area contributed by atoms with E-state index in [1.807, 2.05) is 50.3 Å². The zero-order chi connectivity index (χ0) is 26.1. The van der Waals surface area contributed by atoms with Crippen LogP contribution in [0.1, 0.15) is 61.0 Å². The average Bonchev–Trinajstić information content (AvgIpc) is 2.80. The number of ether oxygens (including phenoxy) is 2. The molecule has 7 heteroatoms. The first-order valence-electron chi connectivity index (χ1n) is 12.3. The topological polar surface area (TPSA) is 57.2 Å². The molecule has 0 aliphatic rings. The Morgan fingerprint density at radius 2 is 1.44 bits per heavy atom. The summed E-state index contributed by atoms with van der Waals surface area (Å²) in [6.07, 6.45) is 3.52. The van der Waals surface area contributed by atoms with Crippen LogP contribution in [0.2, 0.25) is 16.6 Å². The van der Waals surface area contributed by atoms with Gasteiger partial charge in [-0.25, -0.2) is 5.06 Å². The minimum Gasteiger partial charge on any atom is -0.497 e. The molecule has 3 atom stereocenters. The number of nitrogens with zero attached hydrogens (tertiary/aromatic N) is 1. The highest BCUT2D eigenvalue weighted by molar-refractivity contribution is 6.77. The summed E-state index contributed by atoms with van der Waals surface area (Å²) in [5.74, 6) is 0.325. The van der Waals surface area contributed by atoms with Crippen LogP contribution >= 0.6 is 0 Å². The van der Waals surface area contributed by atoms with Crippen molar-refractivity contribution in [1.82, 2.24) is 5.06 Å². The molecule has 0 heterocycles. The Kier molecular flexibility index (Phi) is 12.5. The lowest BCUT2D eigenvalue weighted by molar-refractivity contribution is -0.175. The molecule has 0 radical (unpaired) electrons. The molecule has 0 bridgehead atoms. The molecule has 6 nitrogen and oxygen atoms in total. The first-order valence-corrected chi connectivity index (χ1v) is 14.5. The Balaban J connectivity index is 3.11. The molecule has 1 amide bonds. The molecule has 1 rings (SSSR count). The number of rotatable bonds is 14. The summed E-state index contributed by atoms with van der Waals surface area (Å²) in [4.78, 5) is 18.1. The fraction of sp³-hybridized carbons (Fsp3) is 0.667. The number of hydrogen-bond acceptors (Lipinski definition) is 5. The number of carbonyl (C=O) groups excluding carboxylic acids is 1. The van der Waals surface area contributed by atoms with E-state index >= 15 is 0 Å². The van der Waals surface area contributed by atoms with Crippen LogP contribution in [-0.2, 0) is 25.4 Å². The number of hydrogen-bond donors (Lipinski definition) is 0. The van der Waals surface area contributed by atoms with Crippen molar-refractivity contribution in [3.05, 3.63) is 42.0 Å². The second-order valence-corrected chi connectivity index (χ2v) is 15.4. The van der Waals surface area contributed by atoms with Gasteiger partial charge in [0.15, 0.2) is 0 Å². The Bertz CT molecular complexity index is 741. The molecule has 0 aliphatic heterocycles. The van der Waals surface area contributed by atoms with Gasteiger partial charge in [-0.1, -0.05) is 72.8 Å². The molecule has 0 N–H and O–H groups in total. The number of amides is 1. The number of carbonyl (C=O) groups is 1. The molecule has 0 fully saturated rings. The molecule has 194 valence electrons. The number of hydroxylamine groups is 2. The van der Waals surface area contributed by atoms with E-state index in [0.29, 0.717) is 23.2 Å². The summed E-state index contributed by atoms with van der Waals surface area (Å²) in [5.41, 5.74) is 2.31. The van der Waals surface area contributed by atoms with E-state index in [1.54, 1.807) is 14.2 Å². The molecule has 1 aromatic rings. The Hall–Kier alpha value is -1.67. The van der Waals surface area contributed by atoms with Gasteiger partial charge in [0.2, 0.25) is 8.32 Å². The van der Waals surface area contributed by atoms with Gasteiger partial charge in [-0.15, -0.1) is 0 Å². The van der Waals surface area contributed by atoms with Crippen LogP contribution in [0.4, 0.5) is 0 Å². The van der Waals surface area contributed by atoms with E-state index in [9.17, 15) is 4.79 Å². The van der Waals surface area contributed by atoms with Gasteiger partial charge < -0.3 is 13.9 Å². The van der Waals surface area contributed by atoms with Crippen LogP contribution in [-0.4, -0.2) is 52.8 Å². The zero-order valence-electron chi connectivity index (χ0n) is 23.1. The van der Waals surface area contributed by atoms with Crippen LogP contribution in [0.5, 0.6) is 5.75 Å². The maximum Gasteiger partial charge on any atom is 0.251 e. The molecule has 0 aliphatic carbocycles. The summed E-state index contributed by atoms with van der Waals surface area (Å²) in [6, 6.07) is 7.85. The molecular weight excluding hydrogens is 446 g/mol. The minimum atomic E-state index is -2.21. The van der Waals surface area contributed by atoms with Crippen molar-refractivity contribution in [2.45, 2.75) is 90.8 Å². The molecule has 0 saturated carbocycles. The van der Waals surface area contributed by atoms with Crippen molar-refractivity contribution in [2.75, 3.05) is 21.3 Å². The number of benzene rings is 1. The smallest absolute Gasteiger partial charge is 0.251 e. The summed E-state index contributed by atoms with van der Waals surface area (Å²) in [5, 5.41) is 1.28. The molecule has 0 spiro atoms. The Morgan fingerprint density at radius 3 is 1.88 bits per heavy atom. The highest BCUT2D eigenvalue weighted by Gasteiger charge is 2.47. The lowest BCUT2D eigenvalue weighted by atomic mass is 10.0. The van der Waals surface area contributed by atoms with E-state index in [0.717, 1.165) is 11.3 Å². The highest BCUT2D eigenvalue weighted by atomic mass is 28.4. The van der Waals surface area contributed by atoms with Gasteiger partial charge in [-0.3, -0.25) is 9.63 Å². The van der Waals surface area contributed by atoms with Crippen molar-refractivity contribution < 1.29 is 23.5 Å². The first kappa shape index (κ1) is 30.4. The zero-order valence-corrected chi connectivity index (χ0v) is 24.1. The van der Waals surface area contributed by atoms with Crippen LogP contribution < -0.4 is 4.74 Å². The average molecular weight is 494 g/mol. The highest BCUT2D eigenvalue weighted by Crippen LogP contribution is 2.44. The largest absolute Gasteiger partial charge is 0.497 e. The lowest BCUT2D eigenvalue weighted by Gasteiger charge is -2.45. The van der Waals surface area contributed by atoms with E-state index in [-0.39, 0.29) is 18.1 Å². The molecule has 1 aromatic carbocycles. The summed E-state index contributed by atoms with van der Waals surface area (Å²) in [7, 11) is 2.58. The third-order valence-electron chi connectivity index (χ3n) is 6.76. The van der Waals surface area contributed by atoms with Gasteiger partial charge in [0.1, 0.15) is 5.75 Å². The quantitative estimate of drug-likeness (QED) is 0.171. The summed E-state index contributed by atoms with van der Waals surface area (Å²) < 4.78 is 18.3. The van der Waals surface area contributed by atoms with Crippen molar-refractivity contribution >= 4 is 14.2 Å². The monoisotopic (exact) mass is 493 g/mol. The third kappa shape index (κ3) is 7.94. The molecule has 0 saturated heterocycles. The Labute approximate surface area is 208 Å². The van der Waals surface area contributed by atoms with Crippen molar-refractivity contribution in [2.24, 2.45) is 5.92 Å². The van der Waals surface area contributed by atoms with Gasteiger partial charge >= 0.3 is 0 Å². The number of methoxy groups -OCH3 is 1. The van der Waals surface area contributed by atoms with Crippen LogP contribution in [0.15, 0.2) is 36.4 Å². The predicted octanol–water partition coefficient (Wildman–Crippen LogP) is 6.37. The van der Waals surface area contributed by atoms with Gasteiger partial charge in [-0.05, 0) is 41.2 Å². The van der Waals surface area contributed by atoms with Crippen molar-refractivity contribution in [3.63, 3.8) is 0 Å². The van der Waals surface area contributed by atoms with Crippen molar-refractivity contribution in [3.8, 4) is 5.75 Å². The van der Waals surface area contributed by atoms with E-state index in [2.05, 4.69) is 41.5 Å². The standard InChI is InChI=1S/C27H47NO5Si/c1-19(2)34(20(3)4,21(5)6)33-26(23(8)27(29)28(9)31-11)17-12-22(7)32-18-24-13-15-25(30-10)16-14-24/h12-17,19-23,26H,18H2,1-11H3/b17-12+/t22?,23-,26+/m1/s1. The van der Waals surface area contributed by atoms with E-state index < -0.39 is 14.2 Å². The third-order valence-corrected chi connectivity index (χ3v) is 12.9. The van der Waals surface area contributed by atoms with Crippen LogP contribution in [0, 0.1) is 5.92 Å². The molecule has 0 aromatic heterocycles. The Morgan fingerprint density at radius 1 is 0.912 bits per heavy atom. The van der Waals surface area contributed by atoms with Gasteiger partial charge in [0.05, 0.1) is 39.0 Å². The maximum atomic E-state index is 13.0. The maximum absolute atomic E-state index is 13.0. The molecule has 34 heavy (non-hydrogen) atoms. The SMILES string of the molecule is COc1ccc(COC(C)/C=C/[C@H](O[Si](C(C)C)(C(C)C)C(C)C)[C@@H](C)C(=O)N(C)OC)cc1. The minimum absolute atomic E-state index is 0.108. The second kappa shape index (κ2) is 14.0. The lowest BCUT2D eigenvalue weighted by Crippen LogP contribution is -2.52. The first-order chi connectivity index (χ1) is 15.9. The summed E-state index contributed by atoms with van der Waals surface area (Å²) in [6.45, 7) is 17.9. The fourth-order valence-electron chi connectivity index (χ4n) is 4.74. The van der Waals surface area contributed by atoms with E-state index in [1.165, 1.54) is 12.2 Å². The summed E-state index contributed by atoms with van der Waals surface area (Å²) >= 11 is 0. The van der Waals surface area contributed by atoms with Gasteiger partial charge in [0, 0.05) is 7.05 Å². The molecule has 1 unspecified atom stereocenters. The van der Waals surface area contributed by atoms with Gasteiger partial charge in [-0.2, -0.15) is 0 Å². The van der Waals surface area contributed by atoms with Crippen LogP contribution in [0.25, 0.3) is 0 Å².